The third-order valence-electron chi connectivity index (χ3n) is 4.20. The van der Waals surface area contributed by atoms with E-state index >= 15 is 0 Å². The minimum Gasteiger partial charge on any atom is -0.481 e. The molecular weight excluding hydrogens is 484 g/mol. The summed E-state index contributed by atoms with van der Waals surface area (Å²) >= 11 is 7.33. The molecule has 0 atom stereocenters. The van der Waals surface area contributed by atoms with Crippen LogP contribution in [0.1, 0.15) is 30.3 Å². The molecule has 0 aliphatic carbocycles. The zero-order valence-corrected chi connectivity index (χ0v) is 19.2. The third kappa shape index (κ3) is 6.42. The fourth-order valence-electron chi connectivity index (χ4n) is 2.58. The molecule has 2 aromatic carbocycles. The highest BCUT2D eigenvalue weighted by Gasteiger charge is 2.20. The minimum absolute atomic E-state index is 0. The van der Waals surface area contributed by atoms with Crippen LogP contribution in [-0.4, -0.2) is 40.8 Å². The topological polar surface area (TPSA) is 126 Å². The Bertz CT molecular complexity index is 1220. The van der Waals surface area contributed by atoms with Crippen molar-refractivity contribution in [2.75, 3.05) is 14.2 Å². The number of methoxy groups -OCH3 is 2. The summed E-state index contributed by atoms with van der Waals surface area (Å²) in [5, 5.41) is 15.2. The minimum atomic E-state index is -0.817. The van der Waals surface area contributed by atoms with Gasteiger partial charge < -0.3 is 14.3 Å². The number of nitro benzene ring substituents is 1. The van der Waals surface area contributed by atoms with E-state index in [-0.39, 0.29) is 46.3 Å². The Morgan fingerprint density at radius 2 is 1.74 bits per heavy atom. The maximum Gasteiger partial charge on any atom is 0.368 e. The van der Waals surface area contributed by atoms with Gasteiger partial charge in [-0.3, -0.25) is 10.1 Å². The van der Waals surface area contributed by atoms with Gasteiger partial charge in [-0.15, -0.1) is 0 Å². The van der Waals surface area contributed by atoms with Crippen molar-refractivity contribution in [3.05, 3.63) is 74.8 Å². The normalized spacial score (nSPS) is 10.8. The van der Waals surface area contributed by atoms with Crippen molar-refractivity contribution in [3.8, 4) is 11.8 Å². The van der Waals surface area contributed by atoms with Crippen LogP contribution in [0.25, 0.3) is 0 Å². The molecule has 12 heteroatoms. The maximum absolute atomic E-state index is 12.8. The first-order valence-corrected chi connectivity index (χ1v) is 10.5. The second-order valence-corrected chi connectivity index (χ2v) is 7.73. The van der Waals surface area contributed by atoms with Gasteiger partial charge in [-0.05, 0) is 30.8 Å². The number of non-ortho nitro benzene ring substituents is 1. The van der Waals surface area contributed by atoms with Crippen LogP contribution < -0.4 is 9.47 Å². The highest BCUT2D eigenvalue weighted by atomic mass is 35.5. The lowest BCUT2D eigenvalue weighted by Gasteiger charge is -2.10. The molecule has 0 fully saturated rings. The molecule has 0 radical (unpaired) electrons. The first kappa shape index (κ1) is 26.6. The summed E-state index contributed by atoms with van der Waals surface area (Å²) in [6.45, 7) is 1.56. The summed E-state index contributed by atoms with van der Waals surface area (Å²) in [5.74, 6) is -0.247. The van der Waals surface area contributed by atoms with E-state index in [1.807, 2.05) is 0 Å². The zero-order chi connectivity index (χ0) is 24.0. The molecule has 1 aromatic heterocycles. The standard InChI is InChI=1S/C21H17ClN4O6S.CH4/c1-12(13-6-4-7-14(10-13)26(28)29)25-32-20(27)19-15(22)8-5-9-16(19)33-21-23-17(30-2)11-18(24-21)31-3;/h4-11H,1-3H3;1H4/b25-12+;. The number of aromatic nitrogens is 2. The van der Waals surface area contributed by atoms with Gasteiger partial charge in [0.25, 0.3) is 5.69 Å². The Kier molecular flexibility index (Phi) is 9.34. The molecule has 1 heterocycles. The summed E-state index contributed by atoms with van der Waals surface area (Å²) in [6.07, 6.45) is 0. The van der Waals surface area contributed by atoms with E-state index in [1.165, 1.54) is 44.6 Å². The lowest BCUT2D eigenvalue weighted by molar-refractivity contribution is -0.384. The molecule has 0 saturated carbocycles. The number of halogens is 1. The lowest BCUT2D eigenvalue weighted by atomic mass is 10.1. The third-order valence-corrected chi connectivity index (χ3v) is 5.44. The number of hydrogen-bond acceptors (Lipinski definition) is 10. The van der Waals surface area contributed by atoms with Crippen LogP contribution in [0.5, 0.6) is 11.8 Å². The first-order valence-electron chi connectivity index (χ1n) is 9.26. The van der Waals surface area contributed by atoms with Gasteiger partial charge in [0.15, 0.2) is 5.16 Å². The molecule has 0 saturated heterocycles. The number of carbonyl (C=O) groups is 1. The fraction of sp³-hybridized carbons (Fsp3) is 0.182. The Hall–Kier alpha value is -3.70. The summed E-state index contributed by atoms with van der Waals surface area (Å²) in [6, 6.07) is 12.2. The van der Waals surface area contributed by atoms with E-state index in [2.05, 4.69) is 15.1 Å². The Labute approximate surface area is 205 Å². The maximum atomic E-state index is 12.8. The molecule has 0 bridgehead atoms. The molecular formula is C22H21ClN4O6S. The lowest BCUT2D eigenvalue weighted by Crippen LogP contribution is -2.07. The molecule has 0 aliphatic rings. The number of oxime groups is 1. The number of rotatable bonds is 8. The predicted molar refractivity (Wildman–Crippen MR) is 128 cm³/mol. The van der Waals surface area contributed by atoms with E-state index < -0.39 is 10.9 Å². The van der Waals surface area contributed by atoms with Crippen molar-refractivity contribution in [1.82, 2.24) is 9.97 Å². The molecule has 0 spiro atoms. The van der Waals surface area contributed by atoms with Crippen molar-refractivity contribution in [3.63, 3.8) is 0 Å². The molecule has 0 unspecified atom stereocenters. The summed E-state index contributed by atoms with van der Waals surface area (Å²) in [7, 11) is 2.92. The van der Waals surface area contributed by atoms with Gasteiger partial charge in [0.2, 0.25) is 11.8 Å². The van der Waals surface area contributed by atoms with Crippen LogP contribution in [0.2, 0.25) is 5.02 Å². The van der Waals surface area contributed by atoms with Crippen LogP contribution in [0.4, 0.5) is 5.69 Å². The Morgan fingerprint density at radius 1 is 1.09 bits per heavy atom. The fourth-order valence-corrected chi connectivity index (χ4v) is 3.79. The highest BCUT2D eigenvalue weighted by Crippen LogP contribution is 2.34. The molecule has 0 aliphatic heterocycles. The number of nitrogens with zero attached hydrogens (tertiary/aromatic N) is 4. The molecule has 178 valence electrons. The molecule has 10 nitrogen and oxygen atoms in total. The SMILES string of the molecule is C.COc1cc(OC)nc(Sc2cccc(Cl)c2C(=O)O/N=C(\C)c2cccc([N+](=O)[O-])c2)n1. The van der Waals surface area contributed by atoms with Crippen molar-refractivity contribution < 1.29 is 24.0 Å². The van der Waals surface area contributed by atoms with E-state index in [4.69, 9.17) is 25.9 Å². The van der Waals surface area contributed by atoms with Gasteiger partial charge in [-0.1, -0.05) is 42.4 Å². The predicted octanol–water partition coefficient (Wildman–Crippen LogP) is 5.42. The van der Waals surface area contributed by atoms with Gasteiger partial charge in [0, 0.05) is 22.6 Å². The number of hydrogen-bond donors (Lipinski definition) is 0. The Morgan fingerprint density at radius 3 is 2.35 bits per heavy atom. The smallest absolute Gasteiger partial charge is 0.368 e. The molecule has 0 amide bonds. The number of benzene rings is 2. The molecule has 3 rings (SSSR count). The van der Waals surface area contributed by atoms with E-state index in [1.54, 1.807) is 25.1 Å². The van der Waals surface area contributed by atoms with Gasteiger partial charge in [0.05, 0.1) is 41.5 Å². The van der Waals surface area contributed by atoms with Crippen LogP contribution in [-0.2, 0) is 4.84 Å². The zero-order valence-electron chi connectivity index (χ0n) is 17.6. The quantitative estimate of drug-likeness (QED) is 0.130. The van der Waals surface area contributed by atoms with Crippen molar-refractivity contribution in [2.24, 2.45) is 5.16 Å². The summed E-state index contributed by atoms with van der Waals surface area (Å²) in [4.78, 5) is 37.2. The average molecular weight is 505 g/mol. The van der Waals surface area contributed by atoms with Crippen LogP contribution in [0.3, 0.4) is 0 Å². The van der Waals surface area contributed by atoms with Crippen LogP contribution in [0.15, 0.2) is 63.7 Å². The number of carbonyl (C=O) groups excluding carboxylic acids is 1. The molecule has 34 heavy (non-hydrogen) atoms. The van der Waals surface area contributed by atoms with Gasteiger partial charge in [-0.2, -0.15) is 9.97 Å². The van der Waals surface area contributed by atoms with E-state index in [9.17, 15) is 14.9 Å². The van der Waals surface area contributed by atoms with E-state index in [0.29, 0.717) is 10.5 Å². The Balaban J connectivity index is 0.00000408. The summed E-state index contributed by atoms with van der Waals surface area (Å²) < 4.78 is 10.3. The van der Waals surface area contributed by atoms with Gasteiger partial charge >= 0.3 is 5.97 Å². The largest absolute Gasteiger partial charge is 0.481 e. The van der Waals surface area contributed by atoms with Gasteiger partial charge in [0.1, 0.15) is 0 Å². The van der Waals surface area contributed by atoms with Crippen molar-refractivity contribution in [2.45, 2.75) is 24.4 Å². The molecule has 0 N–H and O–H groups in total. The number of nitro groups is 1. The summed E-state index contributed by atoms with van der Waals surface area (Å²) in [5.41, 5.74) is 0.661. The second-order valence-electron chi connectivity index (χ2n) is 6.31. The second kappa shape index (κ2) is 12.0. The highest BCUT2D eigenvalue weighted by molar-refractivity contribution is 7.99. The van der Waals surface area contributed by atoms with Crippen LogP contribution >= 0.6 is 23.4 Å². The first-order chi connectivity index (χ1) is 15.8. The van der Waals surface area contributed by atoms with Crippen molar-refractivity contribution >= 4 is 40.7 Å². The van der Waals surface area contributed by atoms with Gasteiger partial charge in [-0.25, -0.2) is 4.79 Å². The number of ether oxygens (including phenoxy) is 2. The van der Waals surface area contributed by atoms with E-state index in [0.717, 1.165) is 11.8 Å². The average Bonchev–Trinajstić information content (AvgIpc) is 2.82. The monoisotopic (exact) mass is 504 g/mol. The molecule has 3 aromatic rings. The van der Waals surface area contributed by atoms with Crippen molar-refractivity contribution in [1.29, 1.82) is 0 Å². The van der Waals surface area contributed by atoms with Crippen LogP contribution in [0, 0.1) is 10.1 Å².